The number of hydrogen-bond acceptors (Lipinski definition) is 4. The standard InChI is InChI=1S/C23H27Cl2N3O4/c1-14(2)11-20(27-22(30)18-10-5-15(24)12-19(18)25)23(31)28(3)13-21(29)26-16-6-8-17(32-4)9-7-16/h5-10,12,14,20H,11,13H2,1-4H3,(H,26,29)(H,27,30). The molecule has 1 atom stereocenters. The van der Waals surface area contributed by atoms with Crippen LogP contribution in [0.25, 0.3) is 0 Å². The van der Waals surface area contributed by atoms with Crippen molar-refractivity contribution in [3.05, 3.63) is 58.1 Å². The summed E-state index contributed by atoms with van der Waals surface area (Å²) in [5.41, 5.74) is 0.804. The predicted molar refractivity (Wildman–Crippen MR) is 126 cm³/mol. The van der Waals surface area contributed by atoms with Crippen molar-refractivity contribution in [2.45, 2.75) is 26.3 Å². The van der Waals surface area contributed by atoms with E-state index in [1.807, 2.05) is 13.8 Å². The lowest BCUT2D eigenvalue weighted by atomic mass is 10.0. The minimum Gasteiger partial charge on any atom is -0.497 e. The number of amides is 3. The number of rotatable bonds is 9. The van der Waals surface area contributed by atoms with E-state index in [-0.39, 0.29) is 34.9 Å². The lowest BCUT2D eigenvalue weighted by Crippen LogP contribution is -2.49. The highest BCUT2D eigenvalue weighted by Crippen LogP contribution is 2.21. The first kappa shape index (κ1) is 25.5. The normalized spacial score (nSPS) is 11.6. The minimum absolute atomic E-state index is 0.131. The molecule has 2 rings (SSSR count). The van der Waals surface area contributed by atoms with Crippen molar-refractivity contribution in [1.29, 1.82) is 0 Å². The van der Waals surface area contributed by atoms with Crippen LogP contribution in [0.2, 0.25) is 10.0 Å². The van der Waals surface area contributed by atoms with Gasteiger partial charge in [0.2, 0.25) is 11.8 Å². The topological polar surface area (TPSA) is 87.7 Å². The Balaban J connectivity index is 2.04. The largest absolute Gasteiger partial charge is 0.497 e. The summed E-state index contributed by atoms with van der Waals surface area (Å²) in [5.74, 6) is -0.417. The van der Waals surface area contributed by atoms with E-state index in [1.54, 1.807) is 37.4 Å². The van der Waals surface area contributed by atoms with Crippen LogP contribution in [0.5, 0.6) is 5.75 Å². The SMILES string of the molecule is COc1ccc(NC(=O)CN(C)C(=O)C(CC(C)C)NC(=O)c2ccc(Cl)cc2Cl)cc1. The zero-order valence-electron chi connectivity index (χ0n) is 18.4. The third-order valence-electron chi connectivity index (χ3n) is 4.62. The Morgan fingerprint density at radius 1 is 1.06 bits per heavy atom. The average Bonchev–Trinajstić information content (AvgIpc) is 2.72. The molecule has 0 saturated heterocycles. The van der Waals surface area contributed by atoms with Crippen molar-refractivity contribution in [3.8, 4) is 5.75 Å². The summed E-state index contributed by atoms with van der Waals surface area (Å²) in [5, 5.41) is 6.07. The molecule has 7 nitrogen and oxygen atoms in total. The molecule has 2 N–H and O–H groups in total. The van der Waals surface area contributed by atoms with Gasteiger partial charge in [-0.25, -0.2) is 0 Å². The van der Waals surface area contributed by atoms with Crippen molar-refractivity contribution in [1.82, 2.24) is 10.2 Å². The Kier molecular flexibility index (Phi) is 9.35. The number of anilines is 1. The Bertz CT molecular complexity index is 964. The molecule has 2 aromatic rings. The van der Waals surface area contributed by atoms with E-state index >= 15 is 0 Å². The van der Waals surface area contributed by atoms with E-state index in [2.05, 4.69) is 10.6 Å². The number of ether oxygens (including phenoxy) is 1. The van der Waals surface area contributed by atoms with Gasteiger partial charge in [0.15, 0.2) is 0 Å². The van der Waals surface area contributed by atoms with Crippen LogP contribution < -0.4 is 15.4 Å². The molecule has 0 aliphatic rings. The van der Waals surface area contributed by atoms with Crippen molar-refractivity contribution >= 4 is 46.6 Å². The number of carbonyl (C=O) groups is 3. The summed E-state index contributed by atoms with van der Waals surface area (Å²) in [6.45, 7) is 3.72. The second kappa shape index (κ2) is 11.7. The average molecular weight is 480 g/mol. The number of halogens is 2. The van der Waals surface area contributed by atoms with Gasteiger partial charge in [-0.1, -0.05) is 37.0 Å². The monoisotopic (exact) mass is 479 g/mol. The van der Waals surface area contributed by atoms with Gasteiger partial charge < -0.3 is 20.3 Å². The highest BCUT2D eigenvalue weighted by atomic mass is 35.5. The third kappa shape index (κ3) is 7.43. The summed E-state index contributed by atoms with van der Waals surface area (Å²) < 4.78 is 5.09. The van der Waals surface area contributed by atoms with Crippen LogP contribution in [-0.4, -0.2) is 49.4 Å². The molecule has 172 valence electrons. The first-order valence-electron chi connectivity index (χ1n) is 10.1. The van der Waals surface area contributed by atoms with Crippen LogP contribution in [0, 0.1) is 5.92 Å². The molecular formula is C23H27Cl2N3O4. The first-order chi connectivity index (χ1) is 15.1. The van der Waals surface area contributed by atoms with Crippen molar-refractivity contribution in [2.24, 2.45) is 5.92 Å². The van der Waals surface area contributed by atoms with E-state index in [0.29, 0.717) is 22.9 Å². The Labute approximate surface area is 198 Å². The van der Waals surface area contributed by atoms with Crippen LogP contribution in [0.15, 0.2) is 42.5 Å². The van der Waals surface area contributed by atoms with Gasteiger partial charge in [-0.15, -0.1) is 0 Å². The maximum Gasteiger partial charge on any atom is 0.253 e. The van der Waals surface area contributed by atoms with Gasteiger partial charge in [-0.3, -0.25) is 14.4 Å². The quantitative estimate of drug-likeness (QED) is 0.562. The Hall–Kier alpha value is -2.77. The number of nitrogens with zero attached hydrogens (tertiary/aromatic N) is 1. The molecule has 9 heteroatoms. The Morgan fingerprint density at radius 2 is 1.72 bits per heavy atom. The first-order valence-corrected chi connectivity index (χ1v) is 10.8. The van der Waals surface area contributed by atoms with Crippen LogP contribution in [0.1, 0.15) is 30.6 Å². The molecule has 0 radical (unpaired) electrons. The molecule has 0 aromatic heterocycles. The number of benzene rings is 2. The zero-order chi connectivity index (χ0) is 23.8. The van der Waals surface area contributed by atoms with E-state index in [9.17, 15) is 14.4 Å². The van der Waals surface area contributed by atoms with E-state index < -0.39 is 11.9 Å². The van der Waals surface area contributed by atoms with Gasteiger partial charge in [-0.2, -0.15) is 0 Å². The smallest absolute Gasteiger partial charge is 0.253 e. The van der Waals surface area contributed by atoms with E-state index in [0.717, 1.165) is 0 Å². The number of hydrogen-bond donors (Lipinski definition) is 2. The molecule has 1 unspecified atom stereocenters. The molecule has 0 fully saturated rings. The highest BCUT2D eigenvalue weighted by molar-refractivity contribution is 6.36. The van der Waals surface area contributed by atoms with Crippen molar-refractivity contribution in [3.63, 3.8) is 0 Å². The molecule has 2 aromatic carbocycles. The summed E-state index contributed by atoms with van der Waals surface area (Å²) in [4.78, 5) is 39.4. The second-order valence-electron chi connectivity index (χ2n) is 7.75. The van der Waals surface area contributed by atoms with Gasteiger partial charge in [0.25, 0.3) is 5.91 Å². The molecule has 0 spiro atoms. The fraction of sp³-hybridized carbons (Fsp3) is 0.348. The maximum atomic E-state index is 13.0. The Morgan fingerprint density at radius 3 is 2.28 bits per heavy atom. The second-order valence-corrected chi connectivity index (χ2v) is 8.59. The summed E-state index contributed by atoms with van der Waals surface area (Å²) in [7, 11) is 3.08. The lowest BCUT2D eigenvalue weighted by Gasteiger charge is -2.25. The molecule has 0 heterocycles. The predicted octanol–water partition coefficient (Wildman–Crippen LogP) is 4.24. The number of methoxy groups -OCH3 is 1. The van der Waals surface area contributed by atoms with Crippen LogP contribution in [-0.2, 0) is 9.59 Å². The van der Waals surface area contributed by atoms with Crippen LogP contribution >= 0.6 is 23.2 Å². The third-order valence-corrected chi connectivity index (χ3v) is 5.16. The summed E-state index contributed by atoms with van der Waals surface area (Å²) >= 11 is 12.0. The molecule has 3 amide bonds. The van der Waals surface area contributed by atoms with Gasteiger partial charge >= 0.3 is 0 Å². The molecule has 0 aliphatic heterocycles. The molecular weight excluding hydrogens is 453 g/mol. The number of nitrogens with one attached hydrogen (secondary N) is 2. The zero-order valence-corrected chi connectivity index (χ0v) is 20.0. The van der Waals surface area contributed by atoms with Gasteiger partial charge in [0.05, 0.1) is 24.2 Å². The van der Waals surface area contributed by atoms with Crippen LogP contribution in [0.3, 0.4) is 0 Å². The highest BCUT2D eigenvalue weighted by Gasteiger charge is 2.27. The fourth-order valence-corrected chi connectivity index (χ4v) is 3.53. The van der Waals surface area contributed by atoms with Gasteiger partial charge in [0.1, 0.15) is 11.8 Å². The summed E-state index contributed by atoms with van der Waals surface area (Å²) in [6, 6.07) is 10.6. The molecule has 32 heavy (non-hydrogen) atoms. The summed E-state index contributed by atoms with van der Waals surface area (Å²) in [6.07, 6.45) is 0.403. The van der Waals surface area contributed by atoms with Gasteiger partial charge in [0, 0.05) is 17.8 Å². The van der Waals surface area contributed by atoms with Crippen LogP contribution in [0.4, 0.5) is 5.69 Å². The van der Waals surface area contributed by atoms with Gasteiger partial charge in [-0.05, 0) is 54.8 Å². The molecule has 0 saturated carbocycles. The lowest BCUT2D eigenvalue weighted by molar-refractivity contribution is -0.135. The van der Waals surface area contributed by atoms with Crippen molar-refractivity contribution < 1.29 is 19.1 Å². The van der Waals surface area contributed by atoms with E-state index in [1.165, 1.54) is 24.1 Å². The fourth-order valence-electron chi connectivity index (χ4n) is 3.04. The van der Waals surface area contributed by atoms with E-state index in [4.69, 9.17) is 27.9 Å². The number of likely N-dealkylation sites (N-methyl/N-ethyl adjacent to an activating group) is 1. The number of carbonyl (C=O) groups excluding carboxylic acids is 3. The maximum absolute atomic E-state index is 13.0. The van der Waals surface area contributed by atoms with Crippen molar-refractivity contribution in [2.75, 3.05) is 26.0 Å². The molecule has 0 bridgehead atoms. The molecule has 0 aliphatic carbocycles. The minimum atomic E-state index is -0.812.